The van der Waals surface area contributed by atoms with Crippen molar-refractivity contribution >= 4 is 16.7 Å². The zero-order valence-electron chi connectivity index (χ0n) is 12.7. The Balaban J connectivity index is 1.74. The summed E-state index contributed by atoms with van der Waals surface area (Å²) in [6, 6.07) is 14.2. The van der Waals surface area contributed by atoms with Crippen molar-refractivity contribution in [2.75, 3.05) is 13.2 Å². The fourth-order valence-corrected chi connectivity index (χ4v) is 1.99. The molecule has 1 unspecified atom stereocenters. The van der Waals surface area contributed by atoms with Gasteiger partial charge < -0.3 is 9.47 Å². The van der Waals surface area contributed by atoms with E-state index < -0.39 is 0 Å². The number of hydrogen-bond donors (Lipinski definition) is 0. The van der Waals surface area contributed by atoms with E-state index >= 15 is 0 Å². The van der Waals surface area contributed by atoms with Crippen LogP contribution in [-0.4, -0.2) is 19.2 Å². The average Bonchev–Trinajstić information content (AvgIpc) is 2.53. The predicted octanol–water partition coefficient (Wildman–Crippen LogP) is 4.20. The highest BCUT2D eigenvalue weighted by molar-refractivity contribution is 5.83. The second kappa shape index (κ2) is 7.67. The molecule has 3 heteroatoms. The van der Waals surface area contributed by atoms with Crippen LogP contribution in [0.5, 0.6) is 5.75 Å². The van der Waals surface area contributed by atoms with Gasteiger partial charge in [0.15, 0.2) is 0 Å². The highest BCUT2D eigenvalue weighted by atomic mass is 16.5. The summed E-state index contributed by atoms with van der Waals surface area (Å²) in [4.78, 5) is 11.5. The lowest BCUT2D eigenvalue weighted by Gasteiger charge is -2.10. The van der Waals surface area contributed by atoms with Crippen molar-refractivity contribution in [1.82, 2.24) is 0 Å². The molecule has 0 N–H and O–H groups in total. The molecule has 2 aromatic carbocycles. The van der Waals surface area contributed by atoms with E-state index in [9.17, 15) is 4.79 Å². The minimum atomic E-state index is -0.122. The Labute approximate surface area is 125 Å². The van der Waals surface area contributed by atoms with Gasteiger partial charge in [-0.25, -0.2) is 0 Å². The summed E-state index contributed by atoms with van der Waals surface area (Å²) in [5.41, 5.74) is 0. The van der Waals surface area contributed by atoms with Gasteiger partial charge in [-0.1, -0.05) is 44.2 Å². The van der Waals surface area contributed by atoms with Crippen molar-refractivity contribution in [1.29, 1.82) is 0 Å². The molecule has 0 saturated carbocycles. The van der Waals surface area contributed by atoms with Gasteiger partial charge >= 0.3 is 5.97 Å². The Morgan fingerprint density at radius 2 is 1.86 bits per heavy atom. The standard InChI is InChI=1S/C18H22O3/c1-3-14(2)18(19)21-12-6-11-20-17-10-9-15-7-4-5-8-16(15)13-17/h4-5,7-10,13-14H,3,6,11-12H2,1-2H3. The number of esters is 1. The number of fused-ring (bicyclic) bond motifs is 1. The maximum Gasteiger partial charge on any atom is 0.308 e. The summed E-state index contributed by atoms with van der Waals surface area (Å²) >= 11 is 0. The van der Waals surface area contributed by atoms with E-state index in [2.05, 4.69) is 12.1 Å². The van der Waals surface area contributed by atoms with Gasteiger partial charge in [0.2, 0.25) is 0 Å². The molecule has 0 aliphatic carbocycles. The fraction of sp³-hybridized carbons (Fsp3) is 0.389. The van der Waals surface area contributed by atoms with Crippen LogP contribution in [0.15, 0.2) is 42.5 Å². The lowest BCUT2D eigenvalue weighted by molar-refractivity contribution is -0.148. The summed E-state index contributed by atoms with van der Waals surface area (Å²) in [7, 11) is 0. The Kier molecular flexibility index (Phi) is 5.61. The van der Waals surface area contributed by atoms with E-state index in [1.54, 1.807) is 0 Å². The van der Waals surface area contributed by atoms with Crippen molar-refractivity contribution in [2.24, 2.45) is 5.92 Å². The number of benzene rings is 2. The summed E-state index contributed by atoms with van der Waals surface area (Å²) in [5.74, 6) is 0.705. The predicted molar refractivity (Wildman–Crippen MR) is 84.5 cm³/mol. The highest BCUT2D eigenvalue weighted by Crippen LogP contribution is 2.20. The van der Waals surface area contributed by atoms with Crippen molar-refractivity contribution in [3.05, 3.63) is 42.5 Å². The average molecular weight is 286 g/mol. The first kappa shape index (κ1) is 15.4. The lowest BCUT2D eigenvalue weighted by atomic mass is 10.1. The largest absolute Gasteiger partial charge is 0.493 e. The van der Waals surface area contributed by atoms with Crippen LogP contribution in [0.3, 0.4) is 0 Å². The van der Waals surface area contributed by atoms with Gasteiger partial charge in [-0.05, 0) is 29.3 Å². The Bertz CT molecular complexity index is 592. The molecule has 0 radical (unpaired) electrons. The summed E-state index contributed by atoms with van der Waals surface area (Å²) in [5, 5.41) is 2.37. The molecule has 112 valence electrons. The quantitative estimate of drug-likeness (QED) is 0.565. The van der Waals surface area contributed by atoms with E-state index in [0.29, 0.717) is 19.6 Å². The van der Waals surface area contributed by atoms with Gasteiger partial charge in [0.25, 0.3) is 0 Å². The van der Waals surface area contributed by atoms with E-state index in [4.69, 9.17) is 9.47 Å². The fourth-order valence-electron chi connectivity index (χ4n) is 1.99. The molecule has 0 fully saturated rings. The number of rotatable bonds is 7. The van der Waals surface area contributed by atoms with Gasteiger partial charge in [-0.3, -0.25) is 4.79 Å². The summed E-state index contributed by atoms with van der Waals surface area (Å²) in [6.07, 6.45) is 1.52. The molecule has 0 spiro atoms. The summed E-state index contributed by atoms with van der Waals surface area (Å²) in [6.45, 7) is 4.82. The lowest BCUT2D eigenvalue weighted by Crippen LogP contribution is -2.15. The third-order valence-electron chi connectivity index (χ3n) is 3.54. The van der Waals surface area contributed by atoms with Crippen LogP contribution >= 0.6 is 0 Å². The van der Waals surface area contributed by atoms with Gasteiger partial charge in [-0.2, -0.15) is 0 Å². The van der Waals surface area contributed by atoms with Gasteiger partial charge in [0.1, 0.15) is 5.75 Å². The van der Waals surface area contributed by atoms with Crippen molar-refractivity contribution < 1.29 is 14.3 Å². The van der Waals surface area contributed by atoms with Crippen LogP contribution in [0, 0.1) is 5.92 Å². The normalized spacial score (nSPS) is 12.1. The second-order valence-electron chi connectivity index (χ2n) is 5.19. The zero-order valence-corrected chi connectivity index (χ0v) is 12.7. The molecule has 0 aromatic heterocycles. The van der Waals surface area contributed by atoms with Gasteiger partial charge in [0.05, 0.1) is 19.1 Å². The van der Waals surface area contributed by atoms with Crippen molar-refractivity contribution in [2.45, 2.75) is 26.7 Å². The number of carbonyl (C=O) groups is 1. The maximum atomic E-state index is 11.5. The molecular weight excluding hydrogens is 264 g/mol. The van der Waals surface area contributed by atoms with Crippen LogP contribution in [0.2, 0.25) is 0 Å². The molecule has 0 heterocycles. The van der Waals surface area contributed by atoms with Crippen LogP contribution in [0.1, 0.15) is 26.7 Å². The number of hydrogen-bond acceptors (Lipinski definition) is 3. The molecule has 0 bridgehead atoms. The second-order valence-corrected chi connectivity index (χ2v) is 5.19. The first-order chi connectivity index (χ1) is 10.2. The van der Waals surface area contributed by atoms with E-state index in [-0.39, 0.29) is 11.9 Å². The van der Waals surface area contributed by atoms with Crippen LogP contribution in [-0.2, 0) is 9.53 Å². The molecule has 0 aliphatic rings. The molecule has 1 atom stereocenters. The SMILES string of the molecule is CCC(C)C(=O)OCCCOc1ccc2ccccc2c1. The molecule has 2 rings (SSSR count). The minimum Gasteiger partial charge on any atom is -0.493 e. The Hall–Kier alpha value is -2.03. The first-order valence-electron chi connectivity index (χ1n) is 7.49. The smallest absolute Gasteiger partial charge is 0.308 e. The molecule has 0 amide bonds. The number of carbonyl (C=O) groups excluding carboxylic acids is 1. The minimum absolute atomic E-state index is 0.0218. The Morgan fingerprint density at radius 1 is 1.10 bits per heavy atom. The Morgan fingerprint density at radius 3 is 2.62 bits per heavy atom. The van der Waals surface area contributed by atoms with Gasteiger partial charge in [0, 0.05) is 6.42 Å². The maximum absolute atomic E-state index is 11.5. The van der Waals surface area contributed by atoms with Crippen molar-refractivity contribution in [3.63, 3.8) is 0 Å². The van der Waals surface area contributed by atoms with Crippen LogP contribution in [0.4, 0.5) is 0 Å². The number of ether oxygens (including phenoxy) is 2. The highest BCUT2D eigenvalue weighted by Gasteiger charge is 2.11. The van der Waals surface area contributed by atoms with E-state index in [1.807, 2.05) is 44.2 Å². The third-order valence-corrected chi connectivity index (χ3v) is 3.54. The molecule has 2 aromatic rings. The molecule has 3 nitrogen and oxygen atoms in total. The monoisotopic (exact) mass is 286 g/mol. The van der Waals surface area contributed by atoms with Gasteiger partial charge in [-0.15, -0.1) is 0 Å². The van der Waals surface area contributed by atoms with Crippen LogP contribution < -0.4 is 4.74 Å². The van der Waals surface area contributed by atoms with Crippen molar-refractivity contribution in [3.8, 4) is 5.75 Å². The van der Waals surface area contributed by atoms with Crippen LogP contribution in [0.25, 0.3) is 10.8 Å². The molecule has 0 saturated heterocycles. The molecule has 21 heavy (non-hydrogen) atoms. The zero-order chi connectivity index (χ0) is 15.1. The van der Waals surface area contributed by atoms with E-state index in [1.165, 1.54) is 5.39 Å². The van der Waals surface area contributed by atoms with E-state index in [0.717, 1.165) is 17.6 Å². The third kappa shape index (κ3) is 4.48. The summed E-state index contributed by atoms with van der Waals surface area (Å²) < 4.78 is 10.9. The molecular formula is C18H22O3. The first-order valence-corrected chi connectivity index (χ1v) is 7.49. The topological polar surface area (TPSA) is 35.5 Å². The molecule has 0 aliphatic heterocycles.